The van der Waals surface area contributed by atoms with Gasteiger partial charge in [0.2, 0.25) is 0 Å². The summed E-state index contributed by atoms with van der Waals surface area (Å²) in [4.78, 5) is 8.83. The topological polar surface area (TPSA) is 49.3 Å². The Balaban J connectivity index is 1.79. The molecule has 0 fully saturated rings. The third-order valence-electron chi connectivity index (χ3n) is 3.07. The molecule has 1 aromatic carbocycles. The third-order valence-corrected chi connectivity index (χ3v) is 3.07. The zero-order valence-electron chi connectivity index (χ0n) is 10.4. The SMILES string of the molecule is CC1CN=C(NCc2cccc3cccnc23)N1. The van der Waals surface area contributed by atoms with E-state index >= 15 is 0 Å². The van der Waals surface area contributed by atoms with Gasteiger partial charge in [-0.25, -0.2) is 0 Å². The van der Waals surface area contributed by atoms with Crippen molar-refractivity contribution in [2.75, 3.05) is 6.54 Å². The second-order valence-electron chi connectivity index (χ2n) is 4.58. The molecule has 1 aliphatic rings. The second kappa shape index (κ2) is 4.64. The van der Waals surface area contributed by atoms with Gasteiger partial charge in [0.25, 0.3) is 0 Å². The quantitative estimate of drug-likeness (QED) is 0.839. The van der Waals surface area contributed by atoms with Gasteiger partial charge in [-0.05, 0) is 18.6 Å². The van der Waals surface area contributed by atoms with Crippen LogP contribution in [0.25, 0.3) is 10.9 Å². The molecule has 0 saturated heterocycles. The molecule has 2 N–H and O–H groups in total. The van der Waals surface area contributed by atoms with Gasteiger partial charge in [-0.1, -0.05) is 24.3 Å². The molecule has 4 heteroatoms. The van der Waals surface area contributed by atoms with Crippen molar-refractivity contribution in [1.82, 2.24) is 15.6 Å². The highest BCUT2D eigenvalue weighted by molar-refractivity contribution is 5.84. The van der Waals surface area contributed by atoms with E-state index in [0.29, 0.717) is 6.04 Å². The summed E-state index contributed by atoms with van der Waals surface area (Å²) in [5, 5.41) is 7.78. The number of fused-ring (bicyclic) bond motifs is 1. The molecule has 4 nitrogen and oxygen atoms in total. The van der Waals surface area contributed by atoms with Crippen molar-refractivity contribution in [2.24, 2.45) is 4.99 Å². The number of nitrogens with one attached hydrogen (secondary N) is 2. The minimum atomic E-state index is 0.429. The number of aliphatic imine (C=N–C) groups is 1. The van der Waals surface area contributed by atoms with Gasteiger partial charge in [0.05, 0.1) is 12.1 Å². The van der Waals surface area contributed by atoms with Gasteiger partial charge < -0.3 is 10.6 Å². The van der Waals surface area contributed by atoms with Crippen LogP contribution in [0.3, 0.4) is 0 Å². The predicted molar refractivity (Wildman–Crippen MR) is 73.5 cm³/mol. The van der Waals surface area contributed by atoms with Gasteiger partial charge in [-0.2, -0.15) is 0 Å². The average Bonchev–Trinajstić information content (AvgIpc) is 2.82. The number of benzene rings is 1. The lowest BCUT2D eigenvalue weighted by Crippen LogP contribution is -2.37. The maximum absolute atomic E-state index is 4.44. The third kappa shape index (κ3) is 2.14. The summed E-state index contributed by atoms with van der Waals surface area (Å²) in [7, 11) is 0. The standard InChI is InChI=1S/C14H16N4/c1-10-8-16-14(18-10)17-9-12-5-2-4-11-6-3-7-15-13(11)12/h2-7,10H,8-9H2,1H3,(H2,16,17,18). The zero-order chi connectivity index (χ0) is 12.4. The lowest BCUT2D eigenvalue weighted by molar-refractivity contribution is 0.713. The number of hydrogen-bond acceptors (Lipinski definition) is 4. The maximum atomic E-state index is 4.44. The Morgan fingerprint density at radius 3 is 3.06 bits per heavy atom. The first-order valence-electron chi connectivity index (χ1n) is 6.20. The molecule has 0 spiro atoms. The van der Waals surface area contributed by atoms with Crippen LogP contribution >= 0.6 is 0 Å². The van der Waals surface area contributed by atoms with Crippen LogP contribution in [0.15, 0.2) is 41.5 Å². The van der Waals surface area contributed by atoms with Gasteiger partial charge >= 0.3 is 0 Å². The van der Waals surface area contributed by atoms with E-state index in [1.807, 2.05) is 12.3 Å². The number of aromatic nitrogens is 1. The molecule has 2 aromatic rings. The number of guanidine groups is 1. The Hall–Kier alpha value is -2.10. The van der Waals surface area contributed by atoms with Gasteiger partial charge in [0.1, 0.15) is 0 Å². The molecular weight excluding hydrogens is 224 g/mol. The normalized spacial score (nSPS) is 18.5. The number of pyridine rings is 1. The van der Waals surface area contributed by atoms with Crippen LogP contribution in [0.2, 0.25) is 0 Å². The van der Waals surface area contributed by atoms with Crippen molar-refractivity contribution < 1.29 is 0 Å². The second-order valence-corrected chi connectivity index (χ2v) is 4.58. The summed E-state index contributed by atoms with van der Waals surface area (Å²) in [6.45, 7) is 3.71. The van der Waals surface area contributed by atoms with Crippen molar-refractivity contribution in [3.63, 3.8) is 0 Å². The summed E-state index contributed by atoms with van der Waals surface area (Å²) in [5.74, 6) is 0.885. The fourth-order valence-corrected chi connectivity index (χ4v) is 2.15. The molecule has 0 aliphatic carbocycles. The monoisotopic (exact) mass is 240 g/mol. The molecule has 0 saturated carbocycles. The van der Waals surface area contributed by atoms with E-state index in [2.05, 4.69) is 51.8 Å². The van der Waals surface area contributed by atoms with E-state index in [0.717, 1.165) is 24.6 Å². The molecule has 1 aromatic heterocycles. The first-order valence-corrected chi connectivity index (χ1v) is 6.20. The maximum Gasteiger partial charge on any atom is 0.191 e. The van der Waals surface area contributed by atoms with Crippen molar-refractivity contribution in [1.29, 1.82) is 0 Å². The average molecular weight is 240 g/mol. The van der Waals surface area contributed by atoms with E-state index in [-0.39, 0.29) is 0 Å². The molecule has 0 radical (unpaired) electrons. The Labute approximate surface area is 106 Å². The van der Waals surface area contributed by atoms with Crippen LogP contribution in [0.1, 0.15) is 12.5 Å². The molecular formula is C14H16N4. The van der Waals surface area contributed by atoms with Gasteiger partial charge in [0.15, 0.2) is 5.96 Å². The van der Waals surface area contributed by atoms with Gasteiger partial charge in [-0.3, -0.25) is 9.98 Å². The van der Waals surface area contributed by atoms with Crippen molar-refractivity contribution in [3.8, 4) is 0 Å². The van der Waals surface area contributed by atoms with E-state index in [4.69, 9.17) is 0 Å². The molecule has 1 unspecified atom stereocenters. The van der Waals surface area contributed by atoms with Crippen LogP contribution in [-0.4, -0.2) is 23.5 Å². The van der Waals surface area contributed by atoms with E-state index in [1.54, 1.807) is 0 Å². The lowest BCUT2D eigenvalue weighted by atomic mass is 10.1. The molecule has 1 atom stereocenters. The summed E-state index contributed by atoms with van der Waals surface area (Å²) >= 11 is 0. The predicted octanol–water partition coefficient (Wildman–Crippen LogP) is 1.67. The number of nitrogens with zero attached hydrogens (tertiary/aromatic N) is 2. The first kappa shape index (κ1) is 11.0. The number of para-hydroxylation sites is 1. The van der Waals surface area contributed by atoms with Gasteiger partial charge in [0, 0.05) is 24.2 Å². The molecule has 2 heterocycles. The van der Waals surface area contributed by atoms with Crippen molar-refractivity contribution >= 4 is 16.9 Å². The molecule has 1 aliphatic heterocycles. The minimum absolute atomic E-state index is 0.429. The number of rotatable bonds is 2. The summed E-state index contributed by atoms with van der Waals surface area (Å²) < 4.78 is 0. The largest absolute Gasteiger partial charge is 0.352 e. The molecule has 0 amide bonds. The van der Waals surface area contributed by atoms with Crippen molar-refractivity contribution in [2.45, 2.75) is 19.5 Å². The first-order chi connectivity index (χ1) is 8.83. The summed E-state index contributed by atoms with van der Waals surface area (Å²) in [5.41, 5.74) is 2.25. The lowest BCUT2D eigenvalue weighted by Gasteiger charge is -2.10. The van der Waals surface area contributed by atoms with E-state index in [1.165, 1.54) is 10.9 Å². The Bertz CT molecular complexity index is 586. The Morgan fingerprint density at radius 2 is 2.22 bits per heavy atom. The van der Waals surface area contributed by atoms with Crippen LogP contribution < -0.4 is 10.6 Å². The molecule has 92 valence electrons. The highest BCUT2D eigenvalue weighted by Gasteiger charge is 2.12. The van der Waals surface area contributed by atoms with Crippen LogP contribution in [0, 0.1) is 0 Å². The summed E-state index contributed by atoms with van der Waals surface area (Å²) in [6.07, 6.45) is 1.83. The number of hydrogen-bond donors (Lipinski definition) is 2. The van der Waals surface area contributed by atoms with Crippen LogP contribution in [0.4, 0.5) is 0 Å². The van der Waals surface area contributed by atoms with E-state index in [9.17, 15) is 0 Å². The van der Waals surface area contributed by atoms with Crippen molar-refractivity contribution in [3.05, 3.63) is 42.1 Å². The highest BCUT2D eigenvalue weighted by Crippen LogP contribution is 2.15. The molecule has 3 rings (SSSR count). The Kier molecular flexibility index (Phi) is 2.84. The minimum Gasteiger partial charge on any atom is -0.352 e. The molecule has 18 heavy (non-hydrogen) atoms. The summed E-state index contributed by atoms with van der Waals surface area (Å²) in [6, 6.07) is 10.7. The highest BCUT2D eigenvalue weighted by atomic mass is 15.2. The van der Waals surface area contributed by atoms with E-state index < -0.39 is 0 Å². The Morgan fingerprint density at radius 1 is 1.33 bits per heavy atom. The fraction of sp³-hybridized carbons (Fsp3) is 0.286. The smallest absolute Gasteiger partial charge is 0.191 e. The zero-order valence-corrected chi connectivity index (χ0v) is 10.4. The fourth-order valence-electron chi connectivity index (χ4n) is 2.15. The van der Waals surface area contributed by atoms with Crippen LogP contribution in [-0.2, 0) is 6.54 Å². The van der Waals surface area contributed by atoms with Crippen LogP contribution in [0.5, 0.6) is 0 Å². The molecule has 0 bridgehead atoms. The van der Waals surface area contributed by atoms with Gasteiger partial charge in [-0.15, -0.1) is 0 Å².